The van der Waals surface area contributed by atoms with Crippen molar-refractivity contribution >= 4 is 5.84 Å². The van der Waals surface area contributed by atoms with Crippen LogP contribution in [0.2, 0.25) is 0 Å². The van der Waals surface area contributed by atoms with Crippen molar-refractivity contribution in [3.63, 3.8) is 0 Å². The number of nitrogens with zero attached hydrogens (tertiary/aromatic N) is 1. The highest BCUT2D eigenvalue weighted by Crippen LogP contribution is 2.03. The fourth-order valence-electron chi connectivity index (χ4n) is 1.31. The SMILES string of the molecule is CCC(CC(N)=NO)NCc1ccco1. The van der Waals surface area contributed by atoms with Crippen LogP contribution in [0.1, 0.15) is 25.5 Å². The summed E-state index contributed by atoms with van der Waals surface area (Å²) in [5.74, 6) is 1.13. The van der Waals surface area contributed by atoms with Gasteiger partial charge < -0.3 is 20.7 Å². The Morgan fingerprint density at radius 1 is 1.73 bits per heavy atom. The van der Waals surface area contributed by atoms with E-state index >= 15 is 0 Å². The molecule has 1 rings (SSSR count). The summed E-state index contributed by atoms with van der Waals surface area (Å²) < 4.78 is 5.19. The summed E-state index contributed by atoms with van der Waals surface area (Å²) in [6.07, 6.45) is 3.09. The van der Waals surface area contributed by atoms with E-state index < -0.39 is 0 Å². The van der Waals surface area contributed by atoms with E-state index in [4.69, 9.17) is 15.4 Å². The molecule has 5 heteroatoms. The van der Waals surface area contributed by atoms with Crippen molar-refractivity contribution in [1.29, 1.82) is 0 Å². The second-order valence-corrected chi connectivity index (χ2v) is 3.36. The van der Waals surface area contributed by atoms with Gasteiger partial charge in [-0.25, -0.2) is 0 Å². The highest BCUT2D eigenvalue weighted by molar-refractivity contribution is 5.80. The van der Waals surface area contributed by atoms with Gasteiger partial charge in [0.05, 0.1) is 12.8 Å². The Hall–Kier alpha value is -1.49. The molecule has 1 atom stereocenters. The van der Waals surface area contributed by atoms with Crippen molar-refractivity contribution in [2.24, 2.45) is 10.9 Å². The quantitative estimate of drug-likeness (QED) is 0.286. The summed E-state index contributed by atoms with van der Waals surface area (Å²) in [6, 6.07) is 3.95. The number of nitrogens with two attached hydrogens (primary N) is 1. The molecule has 0 fully saturated rings. The minimum Gasteiger partial charge on any atom is -0.468 e. The van der Waals surface area contributed by atoms with Gasteiger partial charge in [0.15, 0.2) is 0 Å². The lowest BCUT2D eigenvalue weighted by Gasteiger charge is -2.14. The number of hydrogen-bond donors (Lipinski definition) is 3. The molecule has 0 bridgehead atoms. The molecule has 1 aromatic rings. The molecule has 0 saturated carbocycles. The Balaban J connectivity index is 2.34. The molecule has 84 valence electrons. The second-order valence-electron chi connectivity index (χ2n) is 3.36. The van der Waals surface area contributed by atoms with Crippen LogP contribution in [0.25, 0.3) is 0 Å². The Morgan fingerprint density at radius 2 is 2.53 bits per heavy atom. The van der Waals surface area contributed by atoms with Crippen LogP contribution in [0.4, 0.5) is 0 Å². The fraction of sp³-hybridized carbons (Fsp3) is 0.500. The fourth-order valence-corrected chi connectivity index (χ4v) is 1.31. The van der Waals surface area contributed by atoms with Crippen molar-refractivity contribution in [3.05, 3.63) is 24.2 Å². The molecule has 0 aliphatic heterocycles. The maximum atomic E-state index is 8.45. The number of rotatable bonds is 6. The van der Waals surface area contributed by atoms with Gasteiger partial charge in [-0.1, -0.05) is 12.1 Å². The zero-order chi connectivity index (χ0) is 11.1. The highest BCUT2D eigenvalue weighted by Gasteiger charge is 2.08. The van der Waals surface area contributed by atoms with Gasteiger partial charge in [0.1, 0.15) is 11.6 Å². The molecule has 4 N–H and O–H groups in total. The first-order chi connectivity index (χ1) is 7.26. The number of oxime groups is 1. The second kappa shape index (κ2) is 6.08. The van der Waals surface area contributed by atoms with Crippen LogP contribution in [0, 0.1) is 0 Å². The average molecular weight is 211 g/mol. The van der Waals surface area contributed by atoms with Gasteiger partial charge in [-0.3, -0.25) is 0 Å². The van der Waals surface area contributed by atoms with E-state index in [1.165, 1.54) is 0 Å². The summed E-state index contributed by atoms with van der Waals surface area (Å²) in [7, 11) is 0. The van der Waals surface area contributed by atoms with E-state index in [2.05, 4.69) is 10.5 Å². The summed E-state index contributed by atoms with van der Waals surface area (Å²) in [4.78, 5) is 0. The van der Waals surface area contributed by atoms with Gasteiger partial charge in [0, 0.05) is 12.5 Å². The molecule has 5 nitrogen and oxygen atoms in total. The molecule has 1 unspecified atom stereocenters. The van der Waals surface area contributed by atoms with Gasteiger partial charge in [-0.2, -0.15) is 0 Å². The van der Waals surface area contributed by atoms with Crippen LogP contribution in [0.3, 0.4) is 0 Å². The Labute approximate surface area is 88.9 Å². The van der Waals surface area contributed by atoms with E-state index in [1.54, 1.807) is 6.26 Å². The molecular formula is C10H17N3O2. The molecule has 1 aromatic heterocycles. The first-order valence-corrected chi connectivity index (χ1v) is 4.98. The molecule has 0 aliphatic rings. The van der Waals surface area contributed by atoms with Crippen LogP contribution < -0.4 is 11.1 Å². The van der Waals surface area contributed by atoms with Crippen molar-refractivity contribution in [1.82, 2.24) is 5.32 Å². The maximum absolute atomic E-state index is 8.45. The van der Waals surface area contributed by atoms with Crippen molar-refractivity contribution in [2.75, 3.05) is 0 Å². The lowest BCUT2D eigenvalue weighted by atomic mass is 10.1. The monoisotopic (exact) mass is 211 g/mol. The predicted octanol–water partition coefficient (Wildman–Crippen LogP) is 1.28. The third-order valence-electron chi connectivity index (χ3n) is 2.22. The molecule has 0 aromatic carbocycles. The van der Waals surface area contributed by atoms with E-state index in [0.29, 0.717) is 13.0 Å². The molecule has 0 aliphatic carbocycles. The van der Waals surface area contributed by atoms with Crippen LogP contribution in [-0.2, 0) is 6.54 Å². The van der Waals surface area contributed by atoms with Crippen molar-refractivity contribution in [3.8, 4) is 0 Å². The van der Waals surface area contributed by atoms with Crippen LogP contribution in [0.15, 0.2) is 28.0 Å². The number of amidine groups is 1. The minimum atomic E-state index is 0.200. The first kappa shape index (κ1) is 11.6. The van der Waals surface area contributed by atoms with Gasteiger partial charge in [0.2, 0.25) is 0 Å². The Morgan fingerprint density at radius 3 is 3.07 bits per heavy atom. The van der Waals surface area contributed by atoms with Gasteiger partial charge in [0.25, 0.3) is 0 Å². The summed E-state index contributed by atoms with van der Waals surface area (Å²) in [5.41, 5.74) is 5.43. The van der Waals surface area contributed by atoms with Crippen LogP contribution in [0.5, 0.6) is 0 Å². The maximum Gasteiger partial charge on any atom is 0.140 e. The van der Waals surface area contributed by atoms with E-state index in [0.717, 1.165) is 12.2 Å². The minimum absolute atomic E-state index is 0.200. The molecule has 0 radical (unpaired) electrons. The van der Waals surface area contributed by atoms with E-state index in [1.807, 2.05) is 19.1 Å². The third-order valence-corrected chi connectivity index (χ3v) is 2.22. The molecular weight excluding hydrogens is 194 g/mol. The largest absolute Gasteiger partial charge is 0.468 e. The summed E-state index contributed by atoms with van der Waals surface area (Å²) >= 11 is 0. The summed E-state index contributed by atoms with van der Waals surface area (Å²) in [6.45, 7) is 2.70. The lowest BCUT2D eigenvalue weighted by molar-refractivity contribution is 0.315. The van der Waals surface area contributed by atoms with Crippen LogP contribution >= 0.6 is 0 Å². The molecule has 1 heterocycles. The van der Waals surface area contributed by atoms with Crippen molar-refractivity contribution in [2.45, 2.75) is 32.4 Å². The van der Waals surface area contributed by atoms with Gasteiger partial charge in [-0.15, -0.1) is 0 Å². The Kier molecular flexibility index (Phi) is 4.70. The van der Waals surface area contributed by atoms with Crippen LogP contribution in [-0.4, -0.2) is 17.1 Å². The smallest absolute Gasteiger partial charge is 0.140 e. The topological polar surface area (TPSA) is 83.8 Å². The number of hydrogen-bond acceptors (Lipinski definition) is 4. The molecule has 0 saturated heterocycles. The zero-order valence-electron chi connectivity index (χ0n) is 8.81. The number of nitrogens with one attached hydrogen (secondary N) is 1. The Bertz CT molecular complexity index is 296. The van der Waals surface area contributed by atoms with E-state index in [-0.39, 0.29) is 11.9 Å². The average Bonchev–Trinajstić information content (AvgIpc) is 2.76. The standard InChI is InChI=1S/C10H17N3O2/c1-2-8(6-10(11)13-14)12-7-9-4-3-5-15-9/h3-5,8,12,14H,2,6-7H2,1H3,(H2,11,13). The molecule has 15 heavy (non-hydrogen) atoms. The third kappa shape index (κ3) is 4.03. The van der Waals surface area contributed by atoms with E-state index in [9.17, 15) is 0 Å². The predicted molar refractivity (Wildman–Crippen MR) is 57.7 cm³/mol. The molecule has 0 amide bonds. The van der Waals surface area contributed by atoms with Crippen molar-refractivity contribution < 1.29 is 9.62 Å². The first-order valence-electron chi connectivity index (χ1n) is 4.98. The summed E-state index contributed by atoms with van der Waals surface area (Å²) in [5, 5.41) is 14.7. The van der Waals surface area contributed by atoms with Gasteiger partial charge >= 0.3 is 0 Å². The highest BCUT2D eigenvalue weighted by atomic mass is 16.4. The lowest BCUT2D eigenvalue weighted by Crippen LogP contribution is -2.32. The normalized spacial score (nSPS) is 14.1. The zero-order valence-corrected chi connectivity index (χ0v) is 8.81. The number of furan rings is 1. The molecule has 0 spiro atoms. The van der Waals surface area contributed by atoms with Gasteiger partial charge in [-0.05, 0) is 18.6 Å².